The van der Waals surface area contributed by atoms with Crippen molar-refractivity contribution in [3.63, 3.8) is 0 Å². The summed E-state index contributed by atoms with van der Waals surface area (Å²) in [7, 11) is 1.81. The van der Waals surface area contributed by atoms with Crippen molar-refractivity contribution in [3.8, 4) is 22.6 Å². The summed E-state index contributed by atoms with van der Waals surface area (Å²) in [5, 5.41) is 4.71. The summed E-state index contributed by atoms with van der Waals surface area (Å²) in [6.45, 7) is 1.36. The Hall–Kier alpha value is -1.88. The van der Waals surface area contributed by atoms with E-state index in [2.05, 4.69) is 5.10 Å². The molecule has 110 valence electrons. The molecule has 0 unspecified atom stereocenters. The molecule has 21 heavy (non-hydrogen) atoms. The number of halogens is 1. The highest BCUT2D eigenvalue weighted by atomic mass is 35.5. The van der Waals surface area contributed by atoms with Crippen LogP contribution >= 0.6 is 11.6 Å². The molecule has 0 amide bonds. The number of ether oxygens (including phenoxy) is 2. The lowest BCUT2D eigenvalue weighted by Crippen LogP contribution is -2.17. The first-order chi connectivity index (χ1) is 10.1. The number of nitrogen functional groups attached to an aromatic ring is 1. The van der Waals surface area contributed by atoms with Gasteiger partial charge >= 0.3 is 0 Å². The summed E-state index contributed by atoms with van der Waals surface area (Å²) in [5.41, 5.74) is 7.95. The van der Waals surface area contributed by atoms with Crippen LogP contribution in [0.1, 0.15) is 12.8 Å². The first-order valence-corrected chi connectivity index (χ1v) is 7.33. The monoisotopic (exact) mass is 305 g/mol. The van der Waals surface area contributed by atoms with Crippen LogP contribution in [-0.2, 0) is 7.05 Å². The van der Waals surface area contributed by atoms with Gasteiger partial charge in [-0.25, -0.2) is 0 Å². The highest BCUT2D eigenvalue weighted by Crippen LogP contribution is 2.51. The molecule has 1 aromatic heterocycles. The molecular formula is C15H16ClN3O2. The van der Waals surface area contributed by atoms with Gasteiger partial charge in [-0.05, 0) is 30.5 Å². The first-order valence-electron chi connectivity index (χ1n) is 6.95. The van der Waals surface area contributed by atoms with Crippen molar-refractivity contribution in [1.29, 1.82) is 0 Å². The van der Waals surface area contributed by atoms with Crippen molar-refractivity contribution in [2.24, 2.45) is 12.5 Å². The molecule has 1 spiro atoms. The molecule has 0 atom stereocenters. The Morgan fingerprint density at radius 1 is 1.29 bits per heavy atom. The SMILES string of the molecule is Cn1ncc(-c2cc(Cl)c3c(c2)OCC2(CC2)CO3)c1N. The summed E-state index contributed by atoms with van der Waals surface area (Å²) in [4.78, 5) is 0. The predicted molar refractivity (Wildman–Crippen MR) is 80.7 cm³/mol. The minimum absolute atomic E-state index is 0.190. The normalized spacial score (nSPS) is 18.6. The average Bonchev–Trinajstić information content (AvgIpc) is 3.20. The number of benzene rings is 1. The number of rotatable bonds is 1. The predicted octanol–water partition coefficient (Wildman–Crippen LogP) is 2.87. The van der Waals surface area contributed by atoms with E-state index in [4.69, 9.17) is 26.8 Å². The molecule has 5 nitrogen and oxygen atoms in total. The van der Waals surface area contributed by atoms with Crippen LogP contribution in [0.4, 0.5) is 5.82 Å². The second-order valence-electron chi connectivity index (χ2n) is 5.93. The molecule has 2 aliphatic rings. The third kappa shape index (κ3) is 2.03. The third-order valence-corrected chi connectivity index (χ3v) is 4.60. The zero-order valence-electron chi connectivity index (χ0n) is 11.7. The van der Waals surface area contributed by atoms with Crippen molar-refractivity contribution in [2.75, 3.05) is 18.9 Å². The molecule has 1 aliphatic carbocycles. The lowest BCUT2D eigenvalue weighted by Gasteiger charge is -2.11. The van der Waals surface area contributed by atoms with Crippen LogP contribution in [0.25, 0.3) is 11.1 Å². The van der Waals surface area contributed by atoms with Gasteiger partial charge in [-0.1, -0.05) is 11.6 Å². The molecule has 2 aromatic rings. The van der Waals surface area contributed by atoms with Crippen molar-refractivity contribution in [1.82, 2.24) is 9.78 Å². The maximum absolute atomic E-state index is 6.37. The molecule has 1 saturated carbocycles. The molecule has 4 rings (SSSR count). The zero-order valence-corrected chi connectivity index (χ0v) is 12.5. The minimum Gasteiger partial charge on any atom is -0.489 e. The van der Waals surface area contributed by atoms with Crippen molar-refractivity contribution in [3.05, 3.63) is 23.4 Å². The summed E-state index contributed by atoms with van der Waals surface area (Å²) >= 11 is 6.37. The van der Waals surface area contributed by atoms with Gasteiger partial charge in [0.05, 0.1) is 24.4 Å². The lowest BCUT2D eigenvalue weighted by molar-refractivity contribution is 0.197. The van der Waals surface area contributed by atoms with E-state index >= 15 is 0 Å². The fraction of sp³-hybridized carbons (Fsp3) is 0.400. The van der Waals surface area contributed by atoms with Crippen molar-refractivity contribution < 1.29 is 9.47 Å². The quantitative estimate of drug-likeness (QED) is 0.880. The topological polar surface area (TPSA) is 62.3 Å². The Morgan fingerprint density at radius 2 is 2.05 bits per heavy atom. The summed E-state index contributed by atoms with van der Waals surface area (Å²) in [6, 6.07) is 3.78. The van der Waals surface area contributed by atoms with Crippen LogP contribution in [0.2, 0.25) is 5.02 Å². The van der Waals surface area contributed by atoms with Gasteiger partial charge in [0, 0.05) is 18.0 Å². The van der Waals surface area contributed by atoms with Crippen LogP contribution in [0.3, 0.4) is 0 Å². The largest absolute Gasteiger partial charge is 0.489 e. The maximum atomic E-state index is 6.37. The highest BCUT2D eigenvalue weighted by molar-refractivity contribution is 6.32. The summed E-state index contributed by atoms with van der Waals surface area (Å²) in [6.07, 6.45) is 4.04. The number of nitrogens with two attached hydrogens (primary N) is 1. The molecule has 0 radical (unpaired) electrons. The van der Waals surface area contributed by atoms with Gasteiger partial charge in [0.1, 0.15) is 5.82 Å². The zero-order chi connectivity index (χ0) is 14.6. The smallest absolute Gasteiger partial charge is 0.179 e. The van der Waals surface area contributed by atoms with Gasteiger partial charge < -0.3 is 15.2 Å². The number of hydrogen-bond acceptors (Lipinski definition) is 4. The van der Waals surface area contributed by atoms with Gasteiger partial charge in [-0.2, -0.15) is 5.10 Å². The van der Waals surface area contributed by atoms with E-state index in [1.165, 1.54) is 0 Å². The second kappa shape index (κ2) is 4.31. The van der Waals surface area contributed by atoms with E-state index in [-0.39, 0.29) is 5.41 Å². The fourth-order valence-corrected chi connectivity index (χ4v) is 2.87. The molecule has 6 heteroatoms. The Labute approximate surface area is 127 Å². The Kier molecular flexibility index (Phi) is 2.63. The molecule has 1 aromatic carbocycles. The molecule has 2 heterocycles. The van der Waals surface area contributed by atoms with Gasteiger partial charge in [0.25, 0.3) is 0 Å². The van der Waals surface area contributed by atoms with E-state index in [9.17, 15) is 0 Å². The van der Waals surface area contributed by atoms with Gasteiger partial charge in [0.15, 0.2) is 11.5 Å². The fourth-order valence-electron chi connectivity index (χ4n) is 2.60. The highest BCUT2D eigenvalue weighted by Gasteiger charge is 2.46. The Bertz CT molecular complexity index is 722. The van der Waals surface area contributed by atoms with E-state index in [0.717, 1.165) is 24.0 Å². The number of fused-ring (bicyclic) bond motifs is 1. The number of aromatic nitrogens is 2. The number of aryl methyl sites for hydroxylation is 1. The van der Waals surface area contributed by atoms with Crippen LogP contribution in [0.15, 0.2) is 18.3 Å². The molecule has 2 N–H and O–H groups in total. The van der Waals surface area contributed by atoms with E-state index in [0.29, 0.717) is 35.6 Å². The molecule has 0 bridgehead atoms. The number of anilines is 1. The van der Waals surface area contributed by atoms with E-state index < -0.39 is 0 Å². The Balaban J connectivity index is 1.77. The summed E-state index contributed by atoms with van der Waals surface area (Å²) < 4.78 is 13.4. The Morgan fingerprint density at radius 3 is 2.71 bits per heavy atom. The number of nitrogens with zero attached hydrogens (tertiary/aromatic N) is 2. The molecule has 1 fully saturated rings. The third-order valence-electron chi connectivity index (χ3n) is 4.32. The number of hydrogen-bond donors (Lipinski definition) is 1. The standard InChI is InChI=1S/C15H16ClN3O2/c1-19-14(17)10(6-18-19)9-4-11(16)13-12(5-9)20-7-15(2-3-15)8-21-13/h4-6H,2-3,7-8,17H2,1H3. The van der Waals surface area contributed by atoms with Crippen LogP contribution < -0.4 is 15.2 Å². The molecule has 1 aliphatic heterocycles. The van der Waals surface area contributed by atoms with Crippen LogP contribution in [-0.4, -0.2) is 23.0 Å². The van der Waals surface area contributed by atoms with E-state index in [1.807, 2.05) is 12.1 Å². The van der Waals surface area contributed by atoms with Crippen LogP contribution in [0.5, 0.6) is 11.5 Å². The van der Waals surface area contributed by atoms with Gasteiger partial charge in [0.2, 0.25) is 0 Å². The second-order valence-corrected chi connectivity index (χ2v) is 6.34. The van der Waals surface area contributed by atoms with Crippen molar-refractivity contribution in [2.45, 2.75) is 12.8 Å². The molecule has 0 saturated heterocycles. The average molecular weight is 306 g/mol. The maximum Gasteiger partial charge on any atom is 0.179 e. The van der Waals surface area contributed by atoms with Crippen LogP contribution in [0, 0.1) is 5.41 Å². The van der Waals surface area contributed by atoms with Gasteiger partial charge in [-0.15, -0.1) is 0 Å². The van der Waals surface area contributed by atoms with E-state index in [1.54, 1.807) is 17.9 Å². The minimum atomic E-state index is 0.190. The first kappa shape index (κ1) is 12.8. The van der Waals surface area contributed by atoms with Crippen molar-refractivity contribution >= 4 is 17.4 Å². The summed E-state index contributed by atoms with van der Waals surface area (Å²) in [5.74, 6) is 1.91. The molecular weight excluding hydrogens is 290 g/mol. The van der Waals surface area contributed by atoms with Gasteiger partial charge in [-0.3, -0.25) is 4.68 Å². The lowest BCUT2D eigenvalue weighted by atomic mass is 10.1.